The molecule has 10 heteroatoms. The van der Waals surface area contributed by atoms with E-state index in [1.54, 1.807) is 0 Å². The lowest BCUT2D eigenvalue weighted by Crippen LogP contribution is -2.26. The highest BCUT2D eigenvalue weighted by Gasteiger charge is 2.13. The second-order valence-electron chi connectivity index (χ2n) is 5.67. The molecule has 3 aromatic rings. The first-order valence-electron chi connectivity index (χ1n) is 7.83. The number of anilines is 3. The zero-order chi connectivity index (χ0) is 18.5. The minimum atomic E-state index is -0.614. The number of nitrogens with one attached hydrogen (secondary N) is 2. The third-order valence-corrected chi connectivity index (χ3v) is 3.94. The molecular formula is C16H18N8OS. The maximum atomic E-state index is 11.6. The summed E-state index contributed by atoms with van der Waals surface area (Å²) in [5, 5.41) is 12.0. The number of hydrogen-bond donors (Lipinski definition) is 4. The van der Waals surface area contributed by atoms with Gasteiger partial charge >= 0.3 is 0 Å². The van der Waals surface area contributed by atoms with Crippen molar-refractivity contribution < 1.29 is 4.79 Å². The zero-order valence-electron chi connectivity index (χ0n) is 14.0. The van der Waals surface area contributed by atoms with E-state index in [-0.39, 0.29) is 11.6 Å². The van der Waals surface area contributed by atoms with Crippen LogP contribution in [0.4, 0.5) is 17.5 Å². The normalized spacial score (nSPS) is 11.8. The van der Waals surface area contributed by atoms with Crippen molar-refractivity contribution in [3.63, 3.8) is 0 Å². The quantitative estimate of drug-likeness (QED) is 0.491. The molecule has 9 nitrogen and oxygen atoms in total. The third-order valence-electron chi connectivity index (χ3n) is 3.44. The van der Waals surface area contributed by atoms with E-state index in [1.807, 2.05) is 36.6 Å². The van der Waals surface area contributed by atoms with Gasteiger partial charge in [0.15, 0.2) is 0 Å². The van der Waals surface area contributed by atoms with Gasteiger partial charge in [-0.05, 0) is 30.6 Å². The average molecular weight is 370 g/mol. The summed E-state index contributed by atoms with van der Waals surface area (Å²) in [5.74, 6) is 0.0686. The Morgan fingerprint density at radius 3 is 2.69 bits per heavy atom. The molecule has 0 bridgehead atoms. The minimum absolute atomic E-state index is 0.0569. The first-order valence-corrected chi connectivity index (χ1v) is 8.67. The van der Waals surface area contributed by atoms with E-state index in [1.165, 1.54) is 17.7 Å². The Bertz CT molecular complexity index is 880. The van der Waals surface area contributed by atoms with E-state index in [0.29, 0.717) is 18.3 Å². The van der Waals surface area contributed by atoms with Crippen molar-refractivity contribution in [1.29, 1.82) is 0 Å². The van der Waals surface area contributed by atoms with Gasteiger partial charge in [-0.2, -0.15) is 4.98 Å². The van der Waals surface area contributed by atoms with Crippen molar-refractivity contribution in [2.45, 2.75) is 13.0 Å². The van der Waals surface area contributed by atoms with Crippen molar-refractivity contribution >= 4 is 34.9 Å². The highest BCUT2D eigenvalue weighted by Crippen LogP contribution is 2.23. The summed E-state index contributed by atoms with van der Waals surface area (Å²) in [5.41, 5.74) is 13.8. The zero-order valence-corrected chi connectivity index (χ0v) is 14.8. The molecule has 0 saturated carbocycles. The predicted molar refractivity (Wildman–Crippen MR) is 101 cm³/mol. The highest BCUT2D eigenvalue weighted by atomic mass is 32.1. The Hall–Kier alpha value is -3.11. The van der Waals surface area contributed by atoms with Crippen LogP contribution in [0.25, 0.3) is 11.3 Å². The fourth-order valence-electron chi connectivity index (χ4n) is 2.15. The van der Waals surface area contributed by atoms with Gasteiger partial charge in [0.25, 0.3) is 5.91 Å². The summed E-state index contributed by atoms with van der Waals surface area (Å²) in [6, 6.07) is 7.46. The van der Waals surface area contributed by atoms with E-state index in [9.17, 15) is 4.79 Å². The molecule has 1 atom stereocenters. The molecule has 0 radical (unpaired) electrons. The molecule has 0 spiro atoms. The number of rotatable bonds is 7. The van der Waals surface area contributed by atoms with Crippen molar-refractivity contribution in [1.82, 2.24) is 19.6 Å². The van der Waals surface area contributed by atoms with Crippen LogP contribution in [0.2, 0.25) is 0 Å². The van der Waals surface area contributed by atoms with Crippen LogP contribution in [0.15, 0.2) is 35.8 Å². The molecule has 134 valence electrons. The maximum Gasteiger partial charge on any atom is 0.254 e. The molecule has 2 heterocycles. The van der Waals surface area contributed by atoms with Crippen molar-refractivity contribution in [2.75, 3.05) is 17.2 Å². The molecule has 1 unspecified atom stereocenters. The molecule has 26 heavy (non-hydrogen) atoms. The van der Waals surface area contributed by atoms with Gasteiger partial charge in [-0.3, -0.25) is 4.79 Å². The van der Waals surface area contributed by atoms with Crippen LogP contribution >= 0.6 is 11.5 Å². The van der Waals surface area contributed by atoms with Crippen LogP contribution in [0.1, 0.15) is 17.3 Å². The first-order chi connectivity index (χ1) is 12.5. The van der Waals surface area contributed by atoms with Crippen LogP contribution in [-0.4, -0.2) is 38.0 Å². The summed E-state index contributed by atoms with van der Waals surface area (Å²) in [6.45, 7) is 2.37. The summed E-state index contributed by atoms with van der Waals surface area (Å²) in [7, 11) is 0. The molecule has 0 aliphatic rings. The average Bonchev–Trinajstić information content (AvgIpc) is 3.15. The summed E-state index contributed by atoms with van der Waals surface area (Å²) in [6.07, 6.45) is 1.39. The maximum absolute atomic E-state index is 11.6. The van der Waals surface area contributed by atoms with Crippen LogP contribution in [0.5, 0.6) is 0 Å². The van der Waals surface area contributed by atoms with Crippen LogP contribution < -0.4 is 22.1 Å². The van der Waals surface area contributed by atoms with Gasteiger partial charge in [0.1, 0.15) is 17.1 Å². The van der Waals surface area contributed by atoms with Gasteiger partial charge in [0.05, 0.1) is 0 Å². The standard InChI is InChI=1S/C16H18N8OS/c1-9(17)6-19-16-20-7-12(14(18)25)15(22-16)21-11-4-2-10(3-5-11)13-8-26-24-23-13/h2-5,7-9H,6,17H2,1H3,(H2,18,25)(H2,19,20,21,22). The molecule has 0 fully saturated rings. The number of primary amides is 1. The smallest absolute Gasteiger partial charge is 0.254 e. The van der Waals surface area contributed by atoms with E-state index in [2.05, 4.69) is 30.2 Å². The van der Waals surface area contributed by atoms with Gasteiger partial charge < -0.3 is 22.1 Å². The predicted octanol–water partition coefficient (Wildman–Crippen LogP) is 1.60. The highest BCUT2D eigenvalue weighted by molar-refractivity contribution is 7.03. The topological polar surface area (TPSA) is 145 Å². The van der Waals surface area contributed by atoms with Gasteiger partial charge in [-0.15, -0.1) is 5.10 Å². The van der Waals surface area contributed by atoms with Gasteiger partial charge in [0.2, 0.25) is 5.95 Å². The van der Waals surface area contributed by atoms with Crippen molar-refractivity contribution in [3.8, 4) is 11.3 Å². The van der Waals surface area contributed by atoms with Crippen LogP contribution in [0.3, 0.4) is 0 Å². The molecule has 2 aromatic heterocycles. The molecule has 0 aliphatic heterocycles. The molecule has 1 amide bonds. The second-order valence-corrected chi connectivity index (χ2v) is 6.28. The number of hydrogen-bond acceptors (Lipinski definition) is 9. The molecule has 0 saturated heterocycles. The largest absolute Gasteiger partial charge is 0.365 e. The van der Waals surface area contributed by atoms with E-state index in [0.717, 1.165) is 16.9 Å². The lowest BCUT2D eigenvalue weighted by Gasteiger charge is -2.12. The van der Waals surface area contributed by atoms with Crippen molar-refractivity contribution in [3.05, 3.63) is 41.4 Å². The number of nitrogens with zero attached hydrogens (tertiary/aromatic N) is 4. The number of aromatic nitrogens is 4. The fraction of sp³-hybridized carbons (Fsp3) is 0.188. The van der Waals surface area contributed by atoms with Gasteiger partial charge in [-0.25, -0.2) is 4.98 Å². The summed E-state index contributed by atoms with van der Waals surface area (Å²) in [4.78, 5) is 20.1. The lowest BCUT2D eigenvalue weighted by atomic mass is 10.1. The molecule has 0 aliphatic carbocycles. The Morgan fingerprint density at radius 2 is 2.08 bits per heavy atom. The Morgan fingerprint density at radius 1 is 1.31 bits per heavy atom. The van der Waals surface area contributed by atoms with E-state index in [4.69, 9.17) is 11.5 Å². The van der Waals surface area contributed by atoms with Crippen LogP contribution in [0, 0.1) is 0 Å². The number of nitrogens with two attached hydrogens (primary N) is 2. The fourth-order valence-corrected chi connectivity index (χ4v) is 2.61. The summed E-state index contributed by atoms with van der Waals surface area (Å²) >= 11 is 1.29. The number of amides is 1. The van der Waals surface area contributed by atoms with Gasteiger partial charge in [0, 0.05) is 35.4 Å². The number of benzene rings is 1. The number of carbonyl (C=O) groups is 1. The molecule has 6 N–H and O–H groups in total. The third kappa shape index (κ3) is 4.29. The lowest BCUT2D eigenvalue weighted by molar-refractivity contribution is 0.100. The molecule has 1 aromatic carbocycles. The minimum Gasteiger partial charge on any atom is -0.365 e. The summed E-state index contributed by atoms with van der Waals surface area (Å²) < 4.78 is 3.85. The van der Waals surface area contributed by atoms with Crippen molar-refractivity contribution in [2.24, 2.45) is 11.5 Å². The molecule has 3 rings (SSSR count). The first kappa shape index (κ1) is 17.7. The van der Waals surface area contributed by atoms with Gasteiger partial charge in [-0.1, -0.05) is 16.6 Å². The second kappa shape index (κ2) is 7.85. The van der Waals surface area contributed by atoms with Crippen LogP contribution in [-0.2, 0) is 0 Å². The monoisotopic (exact) mass is 370 g/mol. The Kier molecular flexibility index (Phi) is 5.34. The SMILES string of the molecule is CC(N)CNc1ncc(C(N)=O)c(Nc2ccc(-c3csnn3)cc2)n1. The molecular weight excluding hydrogens is 352 g/mol. The Balaban J connectivity index is 1.82. The van der Waals surface area contributed by atoms with E-state index < -0.39 is 5.91 Å². The van der Waals surface area contributed by atoms with E-state index >= 15 is 0 Å². The number of carbonyl (C=O) groups excluding carboxylic acids is 1. The Labute approximate surface area is 154 Å².